The fourth-order valence-electron chi connectivity index (χ4n) is 1.80. The average Bonchev–Trinajstić information content (AvgIpc) is 2.91. The molecule has 1 aromatic rings. The minimum Gasteiger partial charge on any atom is -0.326 e. The second kappa shape index (κ2) is 3.69. The van der Waals surface area contributed by atoms with Crippen molar-refractivity contribution >= 4 is 11.6 Å². The van der Waals surface area contributed by atoms with Gasteiger partial charge in [0.15, 0.2) is 0 Å². The monoisotopic (exact) mass is 203 g/mol. The summed E-state index contributed by atoms with van der Waals surface area (Å²) in [5.41, 5.74) is 3.34. The molecular weight excluding hydrogens is 186 g/mol. The summed E-state index contributed by atoms with van der Waals surface area (Å²) in [5.74, 6) is 0.983. The third kappa shape index (κ3) is 2.04. The molecule has 2 atom stereocenters. The van der Waals surface area contributed by atoms with Gasteiger partial charge >= 0.3 is 0 Å². The molecule has 15 heavy (non-hydrogen) atoms. The van der Waals surface area contributed by atoms with Gasteiger partial charge in [-0.1, -0.05) is 19.1 Å². The normalized spacial score (nSPS) is 23.7. The average molecular weight is 203 g/mol. The fraction of sp³-hybridized carbons (Fsp3) is 0.462. The summed E-state index contributed by atoms with van der Waals surface area (Å²) < 4.78 is 0. The molecular formula is C13H17NO. The van der Waals surface area contributed by atoms with E-state index in [-0.39, 0.29) is 11.8 Å². The first-order chi connectivity index (χ1) is 7.09. The third-order valence-corrected chi connectivity index (χ3v) is 3.31. The molecule has 0 unspecified atom stereocenters. The van der Waals surface area contributed by atoms with E-state index in [1.165, 1.54) is 11.1 Å². The van der Waals surface area contributed by atoms with Crippen molar-refractivity contribution in [1.82, 2.24) is 0 Å². The number of carbonyl (C=O) groups excluding carboxylic acids is 1. The van der Waals surface area contributed by atoms with Gasteiger partial charge in [0.25, 0.3) is 0 Å². The number of benzene rings is 1. The Kier molecular flexibility index (Phi) is 2.51. The van der Waals surface area contributed by atoms with E-state index in [9.17, 15) is 4.79 Å². The first-order valence-electron chi connectivity index (χ1n) is 5.46. The lowest BCUT2D eigenvalue weighted by Gasteiger charge is -2.09. The van der Waals surface area contributed by atoms with Crippen LogP contribution in [0.4, 0.5) is 5.69 Å². The number of nitrogens with one attached hydrogen (secondary N) is 1. The summed E-state index contributed by atoms with van der Waals surface area (Å²) in [5, 5.41) is 3.00. The molecule has 0 aliphatic heterocycles. The van der Waals surface area contributed by atoms with E-state index in [1.54, 1.807) is 0 Å². The maximum atomic E-state index is 11.7. The number of rotatable bonds is 2. The summed E-state index contributed by atoms with van der Waals surface area (Å²) in [6.07, 6.45) is 1.04. The Hall–Kier alpha value is -1.31. The molecule has 0 aromatic heterocycles. The second-order valence-electron chi connectivity index (χ2n) is 4.56. The fourth-order valence-corrected chi connectivity index (χ4v) is 1.80. The van der Waals surface area contributed by atoms with E-state index in [4.69, 9.17) is 0 Å². The molecule has 1 amide bonds. The Morgan fingerprint density at radius 2 is 2.07 bits per heavy atom. The summed E-state index contributed by atoms with van der Waals surface area (Å²) in [6.45, 7) is 6.22. The lowest BCUT2D eigenvalue weighted by molar-refractivity contribution is -0.117. The Labute approximate surface area is 90.7 Å². The molecule has 1 aliphatic rings. The lowest BCUT2D eigenvalue weighted by atomic mass is 10.1. The van der Waals surface area contributed by atoms with E-state index in [0.29, 0.717) is 5.92 Å². The second-order valence-corrected chi connectivity index (χ2v) is 4.56. The summed E-state index contributed by atoms with van der Waals surface area (Å²) in [4.78, 5) is 11.7. The third-order valence-electron chi connectivity index (χ3n) is 3.31. The number of aryl methyl sites for hydroxylation is 1. The van der Waals surface area contributed by atoms with Gasteiger partial charge < -0.3 is 5.32 Å². The highest BCUT2D eigenvalue weighted by molar-refractivity contribution is 5.95. The highest BCUT2D eigenvalue weighted by atomic mass is 16.2. The van der Waals surface area contributed by atoms with Crippen molar-refractivity contribution < 1.29 is 4.79 Å². The van der Waals surface area contributed by atoms with Crippen LogP contribution in [0, 0.1) is 25.7 Å². The maximum absolute atomic E-state index is 11.7. The lowest BCUT2D eigenvalue weighted by Crippen LogP contribution is -2.15. The SMILES string of the molecule is Cc1cccc(NC(=O)[C@H]2C[C@H]2C)c1C. The van der Waals surface area contributed by atoms with Crippen LogP contribution in [-0.2, 0) is 4.79 Å². The predicted molar refractivity (Wildman–Crippen MR) is 61.8 cm³/mol. The summed E-state index contributed by atoms with van der Waals surface area (Å²) >= 11 is 0. The summed E-state index contributed by atoms with van der Waals surface area (Å²) in [6, 6.07) is 6.01. The smallest absolute Gasteiger partial charge is 0.227 e. The first-order valence-corrected chi connectivity index (χ1v) is 5.46. The zero-order valence-electron chi connectivity index (χ0n) is 9.50. The van der Waals surface area contributed by atoms with Gasteiger partial charge in [-0.25, -0.2) is 0 Å². The van der Waals surface area contributed by atoms with Gasteiger partial charge in [-0.2, -0.15) is 0 Å². The van der Waals surface area contributed by atoms with Crippen molar-refractivity contribution in [1.29, 1.82) is 0 Å². The van der Waals surface area contributed by atoms with Gasteiger partial charge in [0, 0.05) is 11.6 Å². The molecule has 1 aliphatic carbocycles. The van der Waals surface area contributed by atoms with Crippen LogP contribution in [-0.4, -0.2) is 5.91 Å². The largest absolute Gasteiger partial charge is 0.326 e. The Balaban J connectivity index is 2.10. The molecule has 2 rings (SSSR count). The standard InChI is InChI=1S/C13H17NO/c1-8-5-4-6-12(10(8)3)14-13(15)11-7-9(11)2/h4-6,9,11H,7H2,1-3H3,(H,14,15)/t9-,11+/m1/s1. The van der Waals surface area contributed by atoms with Crippen molar-refractivity contribution in [3.63, 3.8) is 0 Å². The van der Waals surface area contributed by atoms with Crippen molar-refractivity contribution in [2.75, 3.05) is 5.32 Å². The molecule has 0 saturated heterocycles. The van der Waals surface area contributed by atoms with Crippen LogP contribution in [0.1, 0.15) is 24.5 Å². The van der Waals surface area contributed by atoms with Crippen LogP contribution in [0.3, 0.4) is 0 Å². The quantitative estimate of drug-likeness (QED) is 0.786. The Morgan fingerprint density at radius 1 is 1.40 bits per heavy atom. The van der Waals surface area contributed by atoms with Gasteiger partial charge in [0.1, 0.15) is 0 Å². The van der Waals surface area contributed by atoms with E-state index in [1.807, 2.05) is 19.1 Å². The van der Waals surface area contributed by atoms with E-state index < -0.39 is 0 Å². The van der Waals surface area contributed by atoms with Gasteiger partial charge in [-0.15, -0.1) is 0 Å². The molecule has 80 valence electrons. The number of anilines is 1. The van der Waals surface area contributed by atoms with Crippen LogP contribution >= 0.6 is 0 Å². The predicted octanol–water partition coefficient (Wildman–Crippen LogP) is 2.90. The van der Waals surface area contributed by atoms with Gasteiger partial charge in [-0.3, -0.25) is 4.79 Å². The van der Waals surface area contributed by atoms with Crippen LogP contribution in [0.15, 0.2) is 18.2 Å². The molecule has 2 heteroatoms. The number of hydrogen-bond acceptors (Lipinski definition) is 1. The zero-order valence-corrected chi connectivity index (χ0v) is 9.50. The molecule has 1 fully saturated rings. The van der Waals surface area contributed by atoms with E-state index in [2.05, 4.69) is 25.2 Å². The summed E-state index contributed by atoms with van der Waals surface area (Å²) in [7, 11) is 0. The number of amides is 1. The van der Waals surface area contributed by atoms with E-state index in [0.717, 1.165) is 12.1 Å². The van der Waals surface area contributed by atoms with Gasteiger partial charge in [-0.05, 0) is 43.4 Å². The van der Waals surface area contributed by atoms with Crippen LogP contribution in [0.5, 0.6) is 0 Å². The molecule has 0 spiro atoms. The highest BCUT2D eigenvalue weighted by Gasteiger charge is 2.39. The van der Waals surface area contributed by atoms with Crippen molar-refractivity contribution in [2.45, 2.75) is 27.2 Å². The van der Waals surface area contributed by atoms with Crippen LogP contribution in [0.25, 0.3) is 0 Å². The van der Waals surface area contributed by atoms with E-state index >= 15 is 0 Å². The number of carbonyl (C=O) groups is 1. The molecule has 2 nitrogen and oxygen atoms in total. The molecule has 0 radical (unpaired) electrons. The van der Waals surface area contributed by atoms with Crippen LogP contribution in [0.2, 0.25) is 0 Å². The minimum absolute atomic E-state index is 0.177. The molecule has 0 heterocycles. The topological polar surface area (TPSA) is 29.1 Å². The molecule has 0 bridgehead atoms. The Morgan fingerprint density at radius 3 is 2.67 bits per heavy atom. The number of hydrogen-bond donors (Lipinski definition) is 1. The molecule has 1 N–H and O–H groups in total. The van der Waals surface area contributed by atoms with Crippen molar-refractivity contribution in [3.05, 3.63) is 29.3 Å². The highest BCUT2D eigenvalue weighted by Crippen LogP contribution is 2.38. The first kappa shape index (κ1) is 10.2. The Bertz CT molecular complexity index is 398. The van der Waals surface area contributed by atoms with Gasteiger partial charge in [0.05, 0.1) is 0 Å². The van der Waals surface area contributed by atoms with Crippen molar-refractivity contribution in [2.24, 2.45) is 11.8 Å². The van der Waals surface area contributed by atoms with Crippen molar-refractivity contribution in [3.8, 4) is 0 Å². The van der Waals surface area contributed by atoms with Gasteiger partial charge in [0.2, 0.25) is 5.91 Å². The van der Waals surface area contributed by atoms with Crippen LogP contribution < -0.4 is 5.32 Å². The zero-order chi connectivity index (χ0) is 11.0. The minimum atomic E-state index is 0.177. The molecule has 1 saturated carbocycles. The maximum Gasteiger partial charge on any atom is 0.227 e. The molecule has 1 aromatic carbocycles.